The van der Waals surface area contributed by atoms with Crippen LogP contribution in [0.4, 0.5) is 4.79 Å². The Balaban J connectivity index is 2.99. The summed E-state index contributed by atoms with van der Waals surface area (Å²) in [6.07, 6.45) is 0.561. The summed E-state index contributed by atoms with van der Waals surface area (Å²) in [6, 6.07) is 3.11. The molecular weight excluding hydrogens is 286 g/mol. The smallest absolute Gasteiger partial charge is 0.407 e. The summed E-state index contributed by atoms with van der Waals surface area (Å²) in [6.45, 7) is 8.82. The lowest BCUT2D eigenvalue weighted by Crippen LogP contribution is -2.42. The van der Waals surface area contributed by atoms with Crippen molar-refractivity contribution in [2.24, 2.45) is 11.3 Å². The van der Waals surface area contributed by atoms with E-state index in [9.17, 15) is 9.90 Å². The summed E-state index contributed by atoms with van der Waals surface area (Å²) in [4.78, 5) is 13.2. The molecule has 126 valence electrons. The third-order valence-electron chi connectivity index (χ3n) is 3.22. The number of hydrogen-bond acceptors (Lipinski definition) is 4. The molecule has 0 radical (unpaired) electrons. The number of amides is 1. The van der Waals surface area contributed by atoms with E-state index in [0.717, 1.165) is 0 Å². The molecule has 0 aliphatic carbocycles. The number of carboxylic acid groups (broad SMARTS) is 1. The van der Waals surface area contributed by atoms with Crippen molar-refractivity contribution in [1.82, 2.24) is 4.90 Å². The summed E-state index contributed by atoms with van der Waals surface area (Å²) in [5, 5.41) is 18.4. The van der Waals surface area contributed by atoms with Crippen LogP contribution >= 0.6 is 0 Å². The number of furan rings is 1. The van der Waals surface area contributed by atoms with E-state index in [-0.39, 0.29) is 24.5 Å². The van der Waals surface area contributed by atoms with Crippen LogP contribution < -0.4 is 0 Å². The number of rotatable bonds is 8. The van der Waals surface area contributed by atoms with E-state index in [4.69, 9.17) is 14.3 Å². The summed E-state index contributed by atoms with van der Waals surface area (Å²) in [5.74, 6) is 0.503. The van der Waals surface area contributed by atoms with Crippen LogP contribution in [-0.2, 0) is 4.74 Å². The highest BCUT2D eigenvalue weighted by molar-refractivity contribution is 5.65. The second kappa shape index (κ2) is 8.19. The van der Waals surface area contributed by atoms with E-state index in [1.54, 1.807) is 18.4 Å². The minimum absolute atomic E-state index is 0.0528. The van der Waals surface area contributed by atoms with Gasteiger partial charge in [0, 0.05) is 12.5 Å². The van der Waals surface area contributed by atoms with Gasteiger partial charge in [-0.05, 0) is 17.5 Å². The van der Waals surface area contributed by atoms with Gasteiger partial charge in [-0.3, -0.25) is 4.90 Å². The molecule has 0 fully saturated rings. The molecule has 1 amide bonds. The van der Waals surface area contributed by atoms with Crippen molar-refractivity contribution in [3.05, 3.63) is 24.2 Å². The van der Waals surface area contributed by atoms with E-state index >= 15 is 0 Å². The van der Waals surface area contributed by atoms with Crippen LogP contribution in [0.15, 0.2) is 22.8 Å². The van der Waals surface area contributed by atoms with Gasteiger partial charge in [-0.15, -0.1) is 0 Å². The molecule has 0 unspecified atom stereocenters. The quantitative estimate of drug-likeness (QED) is 0.721. The Morgan fingerprint density at radius 2 is 2.14 bits per heavy atom. The SMILES string of the molecule is C[C@H](COCCO)[C@@H](c1ccco1)N(CC(C)(C)C)C(=O)O. The van der Waals surface area contributed by atoms with Crippen molar-refractivity contribution in [3.63, 3.8) is 0 Å². The maximum atomic E-state index is 11.8. The molecule has 2 N–H and O–H groups in total. The van der Waals surface area contributed by atoms with E-state index in [1.807, 2.05) is 27.7 Å². The Bertz CT molecular complexity index is 438. The summed E-state index contributed by atoms with van der Waals surface area (Å²) < 4.78 is 10.8. The second-order valence-electron chi connectivity index (χ2n) is 6.71. The number of aliphatic hydroxyl groups is 1. The molecule has 1 aromatic rings. The van der Waals surface area contributed by atoms with Crippen LogP contribution in [0.3, 0.4) is 0 Å². The topological polar surface area (TPSA) is 83.1 Å². The van der Waals surface area contributed by atoms with Crippen molar-refractivity contribution in [2.75, 3.05) is 26.4 Å². The monoisotopic (exact) mass is 313 g/mol. The van der Waals surface area contributed by atoms with Crippen molar-refractivity contribution in [2.45, 2.75) is 33.7 Å². The number of hydrogen-bond donors (Lipinski definition) is 2. The van der Waals surface area contributed by atoms with Gasteiger partial charge in [-0.25, -0.2) is 4.79 Å². The Labute approximate surface area is 131 Å². The van der Waals surface area contributed by atoms with Gasteiger partial charge in [-0.1, -0.05) is 27.7 Å². The maximum absolute atomic E-state index is 11.8. The number of nitrogens with zero attached hydrogens (tertiary/aromatic N) is 1. The first-order chi connectivity index (χ1) is 10.3. The third kappa shape index (κ3) is 5.69. The highest BCUT2D eigenvalue weighted by Crippen LogP contribution is 2.32. The van der Waals surface area contributed by atoms with Crippen molar-refractivity contribution >= 4 is 6.09 Å². The van der Waals surface area contributed by atoms with E-state index in [0.29, 0.717) is 18.9 Å². The standard InChI is InChI=1S/C16H27NO5/c1-12(10-21-9-7-18)14(13-6-5-8-22-13)17(15(19)20)11-16(2,3)4/h5-6,8,12,14,18H,7,9-11H2,1-4H3,(H,19,20)/t12-,14+/m1/s1. The first-order valence-electron chi connectivity index (χ1n) is 7.48. The number of carbonyl (C=O) groups is 1. The highest BCUT2D eigenvalue weighted by Gasteiger charge is 2.34. The predicted molar refractivity (Wildman–Crippen MR) is 82.7 cm³/mol. The molecular formula is C16H27NO5. The number of ether oxygens (including phenoxy) is 1. The second-order valence-corrected chi connectivity index (χ2v) is 6.71. The minimum atomic E-state index is -0.981. The summed E-state index contributed by atoms with van der Waals surface area (Å²) in [7, 11) is 0. The van der Waals surface area contributed by atoms with Gasteiger partial charge < -0.3 is 19.4 Å². The molecule has 0 aliphatic rings. The lowest BCUT2D eigenvalue weighted by molar-refractivity contribution is 0.0244. The first-order valence-corrected chi connectivity index (χ1v) is 7.48. The molecule has 1 heterocycles. The van der Waals surface area contributed by atoms with Crippen molar-refractivity contribution in [3.8, 4) is 0 Å². The fourth-order valence-electron chi connectivity index (χ4n) is 2.42. The van der Waals surface area contributed by atoms with Crippen LogP contribution in [0.2, 0.25) is 0 Å². The molecule has 0 bridgehead atoms. The van der Waals surface area contributed by atoms with Crippen molar-refractivity contribution < 1.29 is 24.2 Å². The Kier molecular flexibility index (Phi) is 6.90. The van der Waals surface area contributed by atoms with Crippen LogP contribution in [0.5, 0.6) is 0 Å². The zero-order chi connectivity index (χ0) is 16.8. The van der Waals surface area contributed by atoms with E-state index in [2.05, 4.69) is 0 Å². The molecule has 22 heavy (non-hydrogen) atoms. The lowest BCUT2D eigenvalue weighted by atomic mass is 9.92. The van der Waals surface area contributed by atoms with Gasteiger partial charge in [0.2, 0.25) is 0 Å². The van der Waals surface area contributed by atoms with Crippen molar-refractivity contribution in [1.29, 1.82) is 0 Å². The Hall–Kier alpha value is -1.53. The molecule has 6 nitrogen and oxygen atoms in total. The maximum Gasteiger partial charge on any atom is 0.407 e. The molecule has 0 saturated heterocycles. The van der Waals surface area contributed by atoms with E-state index < -0.39 is 12.1 Å². The van der Waals surface area contributed by atoms with Gasteiger partial charge in [0.1, 0.15) is 5.76 Å². The average molecular weight is 313 g/mol. The zero-order valence-electron chi connectivity index (χ0n) is 13.8. The van der Waals surface area contributed by atoms with Gasteiger partial charge in [0.25, 0.3) is 0 Å². The molecule has 0 aliphatic heterocycles. The van der Waals surface area contributed by atoms with Crippen LogP contribution in [-0.4, -0.2) is 47.6 Å². The van der Waals surface area contributed by atoms with Crippen LogP contribution in [0, 0.1) is 11.3 Å². The zero-order valence-corrected chi connectivity index (χ0v) is 13.8. The summed E-state index contributed by atoms with van der Waals surface area (Å²) in [5.41, 5.74) is -0.172. The average Bonchev–Trinajstić information content (AvgIpc) is 2.90. The molecule has 1 aromatic heterocycles. The van der Waals surface area contributed by atoms with Gasteiger partial charge in [0.05, 0.1) is 32.1 Å². The molecule has 2 atom stereocenters. The normalized spacial score (nSPS) is 14.6. The molecule has 0 saturated carbocycles. The third-order valence-corrected chi connectivity index (χ3v) is 3.22. The largest absolute Gasteiger partial charge is 0.467 e. The number of aliphatic hydroxyl groups excluding tert-OH is 1. The Morgan fingerprint density at radius 1 is 1.45 bits per heavy atom. The fourth-order valence-corrected chi connectivity index (χ4v) is 2.42. The molecule has 1 rings (SSSR count). The van der Waals surface area contributed by atoms with Gasteiger partial charge in [0.15, 0.2) is 0 Å². The van der Waals surface area contributed by atoms with E-state index in [1.165, 1.54) is 4.90 Å². The summed E-state index contributed by atoms with van der Waals surface area (Å²) >= 11 is 0. The first kappa shape index (κ1) is 18.5. The fraction of sp³-hybridized carbons (Fsp3) is 0.688. The highest BCUT2D eigenvalue weighted by atomic mass is 16.5. The molecule has 0 aromatic carbocycles. The lowest BCUT2D eigenvalue weighted by Gasteiger charge is -2.36. The van der Waals surface area contributed by atoms with Gasteiger partial charge in [-0.2, -0.15) is 0 Å². The molecule has 6 heteroatoms. The van der Waals surface area contributed by atoms with Gasteiger partial charge >= 0.3 is 6.09 Å². The van der Waals surface area contributed by atoms with Crippen LogP contribution in [0.25, 0.3) is 0 Å². The Morgan fingerprint density at radius 3 is 2.59 bits per heavy atom. The molecule has 0 spiro atoms. The minimum Gasteiger partial charge on any atom is -0.467 e. The van der Waals surface area contributed by atoms with Crippen LogP contribution in [0.1, 0.15) is 39.5 Å². The predicted octanol–water partition coefficient (Wildman–Crippen LogP) is 2.99.